The lowest BCUT2D eigenvalue weighted by molar-refractivity contribution is 0.0693. The number of aromatic amines is 1. The summed E-state index contributed by atoms with van der Waals surface area (Å²) >= 11 is 1.37. The predicted molar refractivity (Wildman–Crippen MR) is 73.3 cm³/mol. The molecule has 0 spiro atoms. The molecule has 2 N–H and O–H groups in total. The van der Waals surface area contributed by atoms with Crippen LogP contribution in [0.4, 0.5) is 0 Å². The third-order valence-electron chi connectivity index (χ3n) is 2.70. The zero-order chi connectivity index (χ0) is 14.7. The maximum atomic E-state index is 11.2. The summed E-state index contributed by atoms with van der Waals surface area (Å²) in [6.45, 7) is 0. The smallest absolute Gasteiger partial charge is 0.343 e. The van der Waals surface area contributed by atoms with Crippen LogP contribution in [-0.4, -0.2) is 33.0 Å². The van der Waals surface area contributed by atoms with Gasteiger partial charge in [-0.1, -0.05) is 17.8 Å². The molecule has 0 atom stereocenters. The Morgan fingerprint density at radius 1 is 1.55 bits per heavy atom. The quantitative estimate of drug-likeness (QED) is 0.802. The minimum atomic E-state index is -1.03. The fourth-order valence-electron chi connectivity index (χ4n) is 1.61. The zero-order valence-corrected chi connectivity index (χ0v) is 11.7. The molecule has 2 aromatic rings. The Kier molecular flexibility index (Phi) is 4.14. The van der Waals surface area contributed by atoms with E-state index in [-0.39, 0.29) is 11.3 Å². The molecule has 0 aliphatic carbocycles. The maximum absolute atomic E-state index is 11.2. The van der Waals surface area contributed by atoms with Crippen LogP contribution in [0.5, 0.6) is 5.75 Å². The van der Waals surface area contributed by atoms with E-state index in [1.54, 1.807) is 19.2 Å². The molecule has 0 saturated heterocycles. The summed E-state index contributed by atoms with van der Waals surface area (Å²) in [7, 11) is 3.05. The number of hydrogen-bond acceptors (Lipinski definition) is 5. The molecule has 0 aliphatic rings. The second-order valence-corrected chi connectivity index (χ2v) is 4.94. The van der Waals surface area contributed by atoms with Gasteiger partial charge in [-0.05, 0) is 17.7 Å². The van der Waals surface area contributed by atoms with Gasteiger partial charge >= 0.3 is 11.7 Å². The van der Waals surface area contributed by atoms with E-state index in [0.717, 1.165) is 5.56 Å². The van der Waals surface area contributed by atoms with Gasteiger partial charge < -0.3 is 9.84 Å². The van der Waals surface area contributed by atoms with Crippen molar-refractivity contribution in [2.45, 2.75) is 10.9 Å². The number of nitrogens with one attached hydrogen (secondary N) is 1. The van der Waals surface area contributed by atoms with Crippen LogP contribution in [0.2, 0.25) is 0 Å². The number of carboxylic acids is 1. The fourth-order valence-corrected chi connectivity index (χ4v) is 2.47. The second-order valence-electron chi connectivity index (χ2n) is 4.00. The number of benzene rings is 1. The van der Waals surface area contributed by atoms with Crippen LogP contribution in [-0.2, 0) is 12.8 Å². The van der Waals surface area contributed by atoms with Gasteiger partial charge in [-0.25, -0.2) is 14.7 Å². The number of hydrogen-bond donors (Lipinski definition) is 2. The van der Waals surface area contributed by atoms with Crippen molar-refractivity contribution in [2.24, 2.45) is 7.05 Å². The summed E-state index contributed by atoms with van der Waals surface area (Å²) in [5.74, 6) is -0.170. The molecule has 1 heterocycles. The lowest BCUT2D eigenvalue weighted by Crippen LogP contribution is -2.12. The molecular weight excluding hydrogens is 282 g/mol. The molecule has 0 aliphatic heterocycles. The highest BCUT2D eigenvalue weighted by Gasteiger charge is 2.12. The van der Waals surface area contributed by atoms with Gasteiger partial charge in [-0.15, -0.1) is 5.10 Å². The van der Waals surface area contributed by atoms with Crippen LogP contribution >= 0.6 is 11.8 Å². The van der Waals surface area contributed by atoms with E-state index in [9.17, 15) is 9.59 Å². The van der Waals surface area contributed by atoms with E-state index < -0.39 is 5.97 Å². The lowest BCUT2D eigenvalue weighted by atomic mass is 10.1. The van der Waals surface area contributed by atoms with Crippen molar-refractivity contribution >= 4 is 17.7 Å². The molecule has 1 aromatic heterocycles. The van der Waals surface area contributed by atoms with E-state index >= 15 is 0 Å². The highest BCUT2D eigenvalue weighted by Crippen LogP contribution is 2.25. The van der Waals surface area contributed by atoms with E-state index in [2.05, 4.69) is 10.2 Å². The monoisotopic (exact) mass is 295 g/mol. The predicted octanol–water partition coefficient (Wildman–Crippen LogP) is 1.11. The first-order valence-corrected chi connectivity index (χ1v) is 6.66. The lowest BCUT2D eigenvalue weighted by Gasteiger charge is -2.07. The van der Waals surface area contributed by atoms with Gasteiger partial charge in [0.2, 0.25) is 0 Å². The van der Waals surface area contributed by atoms with Crippen molar-refractivity contribution in [1.82, 2.24) is 14.8 Å². The average molecular weight is 295 g/mol. The summed E-state index contributed by atoms with van der Waals surface area (Å²) in [5, 5.41) is 15.8. The van der Waals surface area contributed by atoms with Crippen LogP contribution in [0.1, 0.15) is 15.9 Å². The van der Waals surface area contributed by atoms with Crippen molar-refractivity contribution in [2.75, 3.05) is 7.11 Å². The van der Waals surface area contributed by atoms with Gasteiger partial charge in [0.05, 0.1) is 7.11 Å². The molecule has 0 radical (unpaired) electrons. The van der Waals surface area contributed by atoms with Crippen molar-refractivity contribution < 1.29 is 14.6 Å². The third kappa shape index (κ3) is 2.85. The number of carboxylic acid groups (broad SMARTS) is 1. The fraction of sp³-hybridized carbons (Fsp3) is 0.250. The SMILES string of the molecule is COc1cc(CSc2n[nH]c(=O)n2C)ccc1C(=O)O. The highest BCUT2D eigenvalue weighted by atomic mass is 32.2. The first-order chi connectivity index (χ1) is 9.52. The zero-order valence-electron chi connectivity index (χ0n) is 10.9. The normalized spacial score (nSPS) is 10.5. The van der Waals surface area contributed by atoms with Crippen LogP contribution in [0, 0.1) is 0 Å². The van der Waals surface area contributed by atoms with Crippen molar-refractivity contribution in [1.29, 1.82) is 0 Å². The largest absolute Gasteiger partial charge is 0.496 e. The Morgan fingerprint density at radius 2 is 2.30 bits per heavy atom. The molecule has 0 amide bonds. The standard InChI is InChI=1S/C12H13N3O4S/c1-15-11(18)13-14-12(15)20-6-7-3-4-8(10(16)17)9(5-7)19-2/h3-5H,6H2,1-2H3,(H,13,18)(H,16,17). The molecule has 106 valence electrons. The number of rotatable bonds is 5. The molecule has 8 heteroatoms. The number of ether oxygens (including phenoxy) is 1. The highest BCUT2D eigenvalue weighted by molar-refractivity contribution is 7.98. The molecule has 0 unspecified atom stereocenters. The van der Waals surface area contributed by atoms with E-state index in [4.69, 9.17) is 9.84 Å². The molecule has 7 nitrogen and oxygen atoms in total. The second kappa shape index (κ2) is 5.83. The van der Waals surface area contributed by atoms with Gasteiger partial charge in [-0.3, -0.25) is 4.57 Å². The van der Waals surface area contributed by atoms with Gasteiger partial charge in [0.15, 0.2) is 5.16 Å². The average Bonchev–Trinajstić information content (AvgIpc) is 2.76. The van der Waals surface area contributed by atoms with Crippen LogP contribution in [0.25, 0.3) is 0 Å². The van der Waals surface area contributed by atoms with Gasteiger partial charge in [0.25, 0.3) is 0 Å². The third-order valence-corrected chi connectivity index (χ3v) is 3.80. The summed E-state index contributed by atoms with van der Waals surface area (Å²) < 4.78 is 6.47. The molecule has 0 bridgehead atoms. The molecule has 1 aromatic carbocycles. The Bertz CT molecular complexity index is 692. The molecule has 20 heavy (non-hydrogen) atoms. The summed E-state index contributed by atoms with van der Waals surface area (Å²) in [4.78, 5) is 22.2. The van der Waals surface area contributed by atoms with Crippen LogP contribution < -0.4 is 10.4 Å². The Balaban J connectivity index is 2.16. The molecule has 0 fully saturated rings. The number of aromatic carboxylic acids is 1. The van der Waals surface area contributed by atoms with Gasteiger partial charge in [0.1, 0.15) is 11.3 Å². The first-order valence-electron chi connectivity index (χ1n) is 5.67. The number of methoxy groups -OCH3 is 1. The van der Waals surface area contributed by atoms with Gasteiger partial charge in [-0.2, -0.15) is 0 Å². The minimum absolute atomic E-state index is 0.119. The number of H-pyrrole nitrogens is 1. The number of aromatic nitrogens is 3. The Morgan fingerprint density at radius 3 is 2.85 bits per heavy atom. The summed E-state index contributed by atoms with van der Waals surface area (Å²) in [6, 6.07) is 4.88. The molecule has 2 rings (SSSR count). The first kappa shape index (κ1) is 14.2. The molecular formula is C12H13N3O4S. The minimum Gasteiger partial charge on any atom is -0.496 e. The van der Waals surface area contributed by atoms with Crippen molar-refractivity contribution in [3.8, 4) is 5.75 Å². The maximum Gasteiger partial charge on any atom is 0.343 e. The van der Waals surface area contributed by atoms with E-state index in [1.165, 1.54) is 29.5 Å². The Labute approximate surface area is 118 Å². The van der Waals surface area contributed by atoms with E-state index in [0.29, 0.717) is 16.7 Å². The van der Waals surface area contributed by atoms with Gasteiger partial charge in [0, 0.05) is 12.8 Å². The van der Waals surface area contributed by atoms with Crippen LogP contribution in [0.15, 0.2) is 28.2 Å². The topological polar surface area (TPSA) is 97.2 Å². The van der Waals surface area contributed by atoms with Crippen molar-refractivity contribution in [3.05, 3.63) is 39.8 Å². The van der Waals surface area contributed by atoms with Crippen LogP contribution in [0.3, 0.4) is 0 Å². The number of carbonyl (C=O) groups is 1. The number of thioether (sulfide) groups is 1. The number of nitrogens with zero attached hydrogens (tertiary/aromatic N) is 2. The summed E-state index contributed by atoms with van der Waals surface area (Å²) in [6.07, 6.45) is 0. The summed E-state index contributed by atoms with van der Waals surface area (Å²) in [5.41, 5.74) is 0.729. The van der Waals surface area contributed by atoms with Crippen molar-refractivity contribution in [3.63, 3.8) is 0 Å². The molecule has 0 saturated carbocycles. The van der Waals surface area contributed by atoms with E-state index in [1.807, 2.05) is 0 Å². The Hall–Kier alpha value is -2.22.